The summed E-state index contributed by atoms with van der Waals surface area (Å²) >= 11 is 0. The maximum atomic E-state index is 12.1. The van der Waals surface area contributed by atoms with E-state index in [1.165, 1.54) is 19.3 Å². The zero-order chi connectivity index (χ0) is 13.0. The van der Waals surface area contributed by atoms with Crippen LogP contribution in [0.15, 0.2) is 18.3 Å². The molecule has 1 aromatic heterocycles. The number of rotatable bonds is 2. The second-order valence-corrected chi connectivity index (χ2v) is 5.23. The minimum Gasteiger partial charge on any atom is -0.397 e. The second kappa shape index (κ2) is 5.85. The van der Waals surface area contributed by atoms with Crippen LogP contribution in [0.25, 0.3) is 0 Å². The van der Waals surface area contributed by atoms with Crippen molar-refractivity contribution in [2.75, 3.05) is 5.73 Å². The number of carbonyl (C=O) groups excluding carboxylic acids is 1. The number of nitrogens with two attached hydrogens (primary N) is 1. The molecule has 2 unspecified atom stereocenters. The Kier molecular flexibility index (Phi) is 4.18. The van der Waals surface area contributed by atoms with Crippen molar-refractivity contribution in [3.8, 4) is 0 Å². The van der Waals surface area contributed by atoms with Gasteiger partial charge in [0.25, 0.3) is 5.91 Å². The summed E-state index contributed by atoms with van der Waals surface area (Å²) in [6.07, 6.45) is 7.34. The van der Waals surface area contributed by atoms with Gasteiger partial charge in [0.2, 0.25) is 0 Å². The highest BCUT2D eigenvalue weighted by molar-refractivity contribution is 5.97. The Labute approximate surface area is 108 Å². The lowest BCUT2D eigenvalue weighted by Gasteiger charge is -2.16. The van der Waals surface area contributed by atoms with Crippen LogP contribution in [0, 0.1) is 5.92 Å². The smallest absolute Gasteiger partial charge is 0.272 e. The Morgan fingerprint density at radius 3 is 3.00 bits per heavy atom. The number of anilines is 1. The highest BCUT2D eigenvalue weighted by atomic mass is 16.1. The van der Waals surface area contributed by atoms with Crippen molar-refractivity contribution in [3.05, 3.63) is 24.0 Å². The number of nitrogens with zero attached hydrogens (tertiary/aromatic N) is 1. The monoisotopic (exact) mass is 247 g/mol. The van der Waals surface area contributed by atoms with Gasteiger partial charge in [-0.25, -0.2) is 4.98 Å². The number of hydrogen-bond donors (Lipinski definition) is 2. The van der Waals surface area contributed by atoms with E-state index in [-0.39, 0.29) is 11.9 Å². The molecule has 0 spiro atoms. The third kappa shape index (κ3) is 3.22. The maximum Gasteiger partial charge on any atom is 0.272 e. The van der Waals surface area contributed by atoms with Crippen molar-refractivity contribution in [1.82, 2.24) is 10.3 Å². The van der Waals surface area contributed by atoms with E-state index in [2.05, 4.69) is 17.2 Å². The van der Waals surface area contributed by atoms with Crippen LogP contribution in [0.5, 0.6) is 0 Å². The van der Waals surface area contributed by atoms with Gasteiger partial charge in [-0.3, -0.25) is 4.79 Å². The molecule has 2 atom stereocenters. The summed E-state index contributed by atoms with van der Waals surface area (Å²) < 4.78 is 0. The molecule has 1 aliphatic carbocycles. The summed E-state index contributed by atoms with van der Waals surface area (Å²) in [6.45, 7) is 2.28. The Morgan fingerprint density at radius 2 is 2.22 bits per heavy atom. The van der Waals surface area contributed by atoms with Crippen LogP contribution in [-0.4, -0.2) is 16.9 Å². The molecule has 3 N–H and O–H groups in total. The minimum atomic E-state index is -0.146. The molecule has 1 heterocycles. The SMILES string of the molecule is CC1CCCC(NC(=O)c2ncccc2N)CC1. The first-order valence-electron chi connectivity index (χ1n) is 6.68. The predicted octanol–water partition coefficient (Wildman–Crippen LogP) is 2.36. The topological polar surface area (TPSA) is 68.0 Å². The van der Waals surface area contributed by atoms with Crippen LogP contribution in [0.1, 0.15) is 49.5 Å². The van der Waals surface area contributed by atoms with Crippen molar-refractivity contribution in [2.45, 2.75) is 45.1 Å². The van der Waals surface area contributed by atoms with Gasteiger partial charge >= 0.3 is 0 Å². The summed E-state index contributed by atoms with van der Waals surface area (Å²) in [5.41, 5.74) is 6.54. The first-order chi connectivity index (χ1) is 8.66. The van der Waals surface area contributed by atoms with E-state index in [0.717, 1.165) is 18.8 Å². The normalized spacial score (nSPS) is 24.3. The molecule has 0 aromatic carbocycles. The van der Waals surface area contributed by atoms with Crippen molar-refractivity contribution >= 4 is 11.6 Å². The van der Waals surface area contributed by atoms with Crippen molar-refractivity contribution < 1.29 is 4.79 Å². The Balaban J connectivity index is 1.97. The number of carbonyl (C=O) groups is 1. The number of nitrogen functional groups attached to an aromatic ring is 1. The van der Waals surface area contributed by atoms with Crippen LogP contribution >= 0.6 is 0 Å². The van der Waals surface area contributed by atoms with Gasteiger partial charge in [0.05, 0.1) is 5.69 Å². The average molecular weight is 247 g/mol. The Bertz CT molecular complexity index is 419. The van der Waals surface area contributed by atoms with Crippen LogP contribution < -0.4 is 11.1 Å². The molecule has 0 aliphatic heterocycles. The minimum absolute atomic E-state index is 0.146. The molecular formula is C14H21N3O. The highest BCUT2D eigenvalue weighted by Gasteiger charge is 2.19. The molecule has 0 radical (unpaired) electrons. The molecule has 18 heavy (non-hydrogen) atoms. The van der Waals surface area contributed by atoms with Crippen molar-refractivity contribution in [1.29, 1.82) is 0 Å². The van der Waals surface area contributed by atoms with Crippen LogP contribution in [0.3, 0.4) is 0 Å². The van der Waals surface area contributed by atoms with Gasteiger partial charge in [0.1, 0.15) is 0 Å². The predicted molar refractivity (Wildman–Crippen MR) is 72.2 cm³/mol. The maximum absolute atomic E-state index is 12.1. The molecule has 1 fully saturated rings. The summed E-state index contributed by atoms with van der Waals surface area (Å²) in [7, 11) is 0. The molecule has 1 saturated carbocycles. The standard InChI is InChI=1S/C14H21N3O/c1-10-4-2-5-11(8-7-10)17-14(18)13-12(15)6-3-9-16-13/h3,6,9-11H,2,4-5,7-8,15H2,1H3,(H,17,18). The van der Waals surface area contributed by atoms with E-state index in [9.17, 15) is 4.79 Å². The fourth-order valence-corrected chi connectivity index (χ4v) is 2.49. The van der Waals surface area contributed by atoms with Gasteiger partial charge < -0.3 is 11.1 Å². The fraction of sp³-hybridized carbons (Fsp3) is 0.571. The van der Waals surface area contributed by atoms with Crippen LogP contribution in [0.4, 0.5) is 5.69 Å². The second-order valence-electron chi connectivity index (χ2n) is 5.23. The number of hydrogen-bond acceptors (Lipinski definition) is 3. The molecule has 2 rings (SSSR count). The van der Waals surface area contributed by atoms with Gasteiger partial charge in [-0.1, -0.05) is 19.8 Å². The zero-order valence-electron chi connectivity index (χ0n) is 10.9. The Morgan fingerprint density at radius 1 is 1.39 bits per heavy atom. The molecule has 1 aliphatic rings. The summed E-state index contributed by atoms with van der Waals surface area (Å²) in [4.78, 5) is 16.1. The number of aromatic nitrogens is 1. The molecule has 0 bridgehead atoms. The van der Waals surface area contributed by atoms with E-state index >= 15 is 0 Å². The van der Waals surface area contributed by atoms with Gasteiger partial charge in [-0.15, -0.1) is 0 Å². The fourth-order valence-electron chi connectivity index (χ4n) is 2.49. The molecule has 0 saturated heterocycles. The molecule has 4 heteroatoms. The lowest BCUT2D eigenvalue weighted by Crippen LogP contribution is -2.35. The van der Waals surface area contributed by atoms with E-state index in [0.29, 0.717) is 11.4 Å². The van der Waals surface area contributed by atoms with Crippen molar-refractivity contribution in [3.63, 3.8) is 0 Å². The summed E-state index contributed by atoms with van der Waals surface area (Å²) in [5, 5.41) is 3.06. The average Bonchev–Trinajstić information content (AvgIpc) is 2.55. The molecular weight excluding hydrogens is 226 g/mol. The third-order valence-electron chi connectivity index (χ3n) is 3.65. The lowest BCUT2D eigenvalue weighted by atomic mass is 10.0. The summed E-state index contributed by atoms with van der Waals surface area (Å²) in [5.74, 6) is 0.625. The van der Waals surface area contributed by atoms with Gasteiger partial charge in [-0.05, 0) is 37.3 Å². The first kappa shape index (κ1) is 12.9. The van der Waals surface area contributed by atoms with Crippen molar-refractivity contribution in [2.24, 2.45) is 5.92 Å². The van der Waals surface area contributed by atoms with E-state index in [4.69, 9.17) is 5.73 Å². The molecule has 1 amide bonds. The van der Waals surface area contributed by atoms with E-state index in [1.807, 2.05) is 0 Å². The van der Waals surface area contributed by atoms with E-state index < -0.39 is 0 Å². The third-order valence-corrected chi connectivity index (χ3v) is 3.65. The zero-order valence-corrected chi connectivity index (χ0v) is 10.9. The van der Waals surface area contributed by atoms with Crippen LogP contribution in [-0.2, 0) is 0 Å². The van der Waals surface area contributed by atoms with Crippen LogP contribution in [0.2, 0.25) is 0 Å². The first-order valence-corrected chi connectivity index (χ1v) is 6.68. The quantitative estimate of drug-likeness (QED) is 0.788. The summed E-state index contributed by atoms with van der Waals surface area (Å²) in [6, 6.07) is 3.71. The Hall–Kier alpha value is -1.58. The van der Waals surface area contributed by atoms with Gasteiger partial charge in [0.15, 0.2) is 5.69 Å². The number of nitrogens with one attached hydrogen (secondary N) is 1. The molecule has 98 valence electrons. The highest BCUT2D eigenvalue weighted by Crippen LogP contribution is 2.22. The van der Waals surface area contributed by atoms with Gasteiger partial charge in [-0.2, -0.15) is 0 Å². The largest absolute Gasteiger partial charge is 0.397 e. The van der Waals surface area contributed by atoms with Gasteiger partial charge in [0, 0.05) is 12.2 Å². The molecule has 1 aromatic rings. The lowest BCUT2D eigenvalue weighted by molar-refractivity contribution is 0.0929. The number of pyridine rings is 1. The number of amides is 1. The van der Waals surface area contributed by atoms with E-state index in [1.54, 1.807) is 18.3 Å². The molecule has 4 nitrogen and oxygen atoms in total.